The fraction of sp³-hybridized carbons (Fsp3) is 0.450. The third kappa shape index (κ3) is 4.03. The lowest BCUT2D eigenvalue weighted by Crippen LogP contribution is -2.45. The van der Waals surface area contributed by atoms with Crippen LogP contribution < -0.4 is 10.5 Å². The van der Waals surface area contributed by atoms with Crippen LogP contribution >= 0.6 is 0 Å². The molecular formula is C20H25N5O2. The van der Waals surface area contributed by atoms with Gasteiger partial charge in [-0.3, -0.25) is 14.6 Å². The summed E-state index contributed by atoms with van der Waals surface area (Å²) in [6.07, 6.45) is 0.408. The fourth-order valence-electron chi connectivity index (χ4n) is 3.77. The monoisotopic (exact) mass is 367 g/mol. The molecule has 2 saturated heterocycles. The molecule has 1 aromatic carbocycles. The first-order valence-electron chi connectivity index (χ1n) is 9.45. The Balaban J connectivity index is 1.50. The van der Waals surface area contributed by atoms with Gasteiger partial charge in [0.15, 0.2) is 0 Å². The molecule has 1 aromatic heterocycles. The van der Waals surface area contributed by atoms with Crippen LogP contribution in [0.25, 0.3) is 0 Å². The SMILES string of the molecule is CN1CCN(c2nc([C@H]3CC(=O)N(Cc4ccccc4)C3)cc(=O)[nH]2)CC1. The average molecular weight is 367 g/mol. The quantitative estimate of drug-likeness (QED) is 0.874. The van der Waals surface area contributed by atoms with E-state index in [-0.39, 0.29) is 17.4 Å². The van der Waals surface area contributed by atoms with E-state index in [1.165, 1.54) is 0 Å². The van der Waals surface area contributed by atoms with Crippen LogP contribution in [0.1, 0.15) is 23.6 Å². The topological polar surface area (TPSA) is 72.5 Å². The second kappa shape index (κ2) is 7.52. The normalized spacial score (nSPS) is 21.1. The van der Waals surface area contributed by atoms with E-state index in [2.05, 4.69) is 21.8 Å². The molecule has 0 unspecified atom stereocenters. The minimum atomic E-state index is -0.150. The zero-order valence-corrected chi connectivity index (χ0v) is 15.6. The van der Waals surface area contributed by atoms with Crippen molar-refractivity contribution in [1.29, 1.82) is 0 Å². The second-order valence-corrected chi connectivity index (χ2v) is 7.45. The van der Waals surface area contributed by atoms with Crippen LogP contribution in [0.4, 0.5) is 5.95 Å². The molecule has 142 valence electrons. The molecule has 4 rings (SSSR count). The van der Waals surface area contributed by atoms with Crippen LogP contribution in [-0.2, 0) is 11.3 Å². The van der Waals surface area contributed by atoms with E-state index in [0.29, 0.717) is 25.5 Å². The van der Waals surface area contributed by atoms with E-state index in [1.807, 2.05) is 35.2 Å². The summed E-state index contributed by atoms with van der Waals surface area (Å²) in [5.41, 5.74) is 1.68. The molecule has 2 fully saturated rings. The highest BCUT2D eigenvalue weighted by Crippen LogP contribution is 2.28. The molecule has 1 amide bonds. The summed E-state index contributed by atoms with van der Waals surface area (Å²) in [6, 6.07) is 11.5. The van der Waals surface area contributed by atoms with Crippen LogP contribution in [0.2, 0.25) is 0 Å². The average Bonchev–Trinajstić information content (AvgIpc) is 3.03. The van der Waals surface area contributed by atoms with Gasteiger partial charge < -0.3 is 14.7 Å². The number of carbonyl (C=O) groups excluding carboxylic acids is 1. The highest BCUT2D eigenvalue weighted by atomic mass is 16.2. The van der Waals surface area contributed by atoms with Crippen molar-refractivity contribution in [2.45, 2.75) is 18.9 Å². The number of aromatic amines is 1. The van der Waals surface area contributed by atoms with Crippen LogP contribution in [-0.4, -0.2) is 65.4 Å². The van der Waals surface area contributed by atoms with Crippen LogP contribution in [0.5, 0.6) is 0 Å². The predicted molar refractivity (Wildman–Crippen MR) is 104 cm³/mol. The van der Waals surface area contributed by atoms with E-state index < -0.39 is 0 Å². The zero-order valence-electron chi connectivity index (χ0n) is 15.6. The summed E-state index contributed by atoms with van der Waals surface area (Å²) in [5.74, 6) is 0.710. The first kappa shape index (κ1) is 17.7. The zero-order chi connectivity index (χ0) is 18.8. The van der Waals surface area contributed by atoms with E-state index in [0.717, 1.165) is 37.4 Å². The Morgan fingerprint density at radius 1 is 1.11 bits per heavy atom. The minimum absolute atomic E-state index is 0.0327. The number of rotatable bonds is 4. The van der Waals surface area contributed by atoms with Gasteiger partial charge in [0.1, 0.15) is 0 Å². The molecule has 2 aromatic rings. The Hall–Kier alpha value is -2.67. The van der Waals surface area contributed by atoms with Gasteiger partial charge in [0.25, 0.3) is 5.56 Å². The molecule has 3 heterocycles. The highest BCUT2D eigenvalue weighted by molar-refractivity contribution is 5.79. The highest BCUT2D eigenvalue weighted by Gasteiger charge is 2.32. The lowest BCUT2D eigenvalue weighted by Gasteiger charge is -2.32. The summed E-state index contributed by atoms with van der Waals surface area (Å²) >= 11 is 0. The maximum Gasteiger partial charge on any atom is 0.252 e. The van der Waals surface area contributed by atoms with E-state index in [1.54, 1.807) is 6.07 Å². The van der Waals surface area contributed by atoms with Gasteiger partial charge in [-0.25, -0.2) is 4.98 Å². The molecule has 0 saturated carbocycles. The molecule has 0 bridgehead atoms. The summed E-state index contributed by atoms with van der Waals surface area (Å²) < 4.78 is 0. The van der Waals surface area contributed by atoms with Crippen molar-refractivity contribution in [2.75, 3.05) is 44.7 Å². The van der Waals surface area contributed by atoms with Gasteiger partial charge in [-0.15, -0.1) is 0 Å². The van der Waals surface area contributed by atoms with Crippen molar-refractivity contribution in [3.63, 3.8) is 0 Å². The van der Waals surface area contributed by atoms with Gasteiger partial charge in [-0.2, -0.15) is 0 Å². The van der Waals surface area contributed by atoms with Crippen molar-refractivity contribution in [3.05, 3.63) is 58.0 Å². The number of aromatic nitrogens is 2. The maximum absolute atomic E-state index is 12.5. The number of amides is 1. The second-order valence-electron chi connectivity index (χ2n) is 7.45. The van der Waals surface area contributed by atoms with Crippen molar-refractivity contribution >= 4 is 11.9 Å². The third-order valence-corrected chi connectivity index (χ3v) is 5.40. The Morgan fingerprint density at radius 3 is 2.59 bits per heavy atom. The first-order valence-corrected chi connectivity index (χ1v) is 9.45. The number of nitrogens with zero attached hydrogens (tertiary/aromatic N) is 4. The third-order valence-electron chi connectivity index (χ3n) is 5.40. The van der Waals surface area contributed by atoms with Gasteiger partial charge in [-0.1, -0.05) is 30.3 Å². The van der Waals surface area contributed by atoms with Gasteiger partial charge in [0.2, 0.25) is 11.9 Å². The maximum atomic E-state index is 12.5. The molecule has 27 heavy (non-hydrogen) atoms. The van der Waals surface area contributed by atoms with E-state index in [4.69, 9.17) is 4.98 Å². The summed E-state index contributed by atoms with van der Waals surface area (Å²) in [5, 5.41) is 0. The number of likely N-dealkylation sites (N-methyl/N-ethyl adjacent to an activating group) is 1. The number of carbonyl (C=O) groups is 1. The molecular weight excluding hydrogens is 342 g/mol. The smallest absolute Gasteiger partial charge is 0.252 e. The summed E-state index contributed by atoms with van der Waals surface area (Å²) in [6.45, 7) is 4.78. The summed E-state index contributed by atoms with van der Waals surface area (Å²) in [7, 11) is 2.09. The molecule has 7 nitrogen and oxygen atoms in total. The van der Waals surface area contributed by atoms with Crippen molar-refractivity contribution in [3.8, 4) is 0 Å². The lowest BCUT2D eigenvalue weighted by atomic mass is 10.0. The van der Waals surface area contributed by atoms with Crippen molar-refractivity contribution in [1.82, 2.24) is 19.8 Å². The number of hydrogen-bond donors (Lipinski definition) is 1. The number of benzene rings is 1. The van der Waals surface area contributed by atoms with E-state index in [9.17, 15) is 9.59 Å². The van der Waals surface area contributed by atoms with Crippen LogP contribution in [0.3, 0.4) is 0 Å². The predicted octanol–water partition coefficient (Wildman–Crippen LogP) is 1.04. The molecule has 1 N–H and O–H groups in total. The molecule has 0 aliphatic carbocycles. The van der Waals surface area contributed by atoms with Gasteiger partial charge in [0, 0.05) is 57.7 Å². The van der Waals surface area contributed by atoms with Gasteiger partial charge >= 0.3 is 0 Å². The molecule has 7 heteroatoms. The molecule has 0 radical (unpaired) electrons. The molecule has 0 spiro atoms. The Labute approximate surface area is 158 Å². The number of H-pyrrole nitrogens is 1. The minimum Gasteiger partial charge on any atom is -0.340 e. The van der Waals surface area contributed by atoms with Crippen molar-refractivity contribution < 1.29 is 4.79 Å². The Bertz CT molecular complexity index is 858. The van der Waals surface area contributed by atoms with Gasteiger partial charge in [-0.05, 0) is 12.6 Å². The van der Waals surface area contributed by atoms with E-state index >= 15 is 0 Å². The summed E-state index contributed by atoms with van der Waals surface area (Å²) in [4.78, 5) is 38.5. The molecule has 2 aliphatic heterocycles. The number of anilines is 1. The molecule has 2 aliphatic rings. The lowest BCUT2D eigenvalue weighted by molar-refractivity contribution is -0.128. The van der Waals surface area contributed by atoms with Crippen molar-refractivity contribution in [2.24, 2.45) is 0 Å². The Morgan fingerprint density at radius 2 is 1.85 bits per heavy atom. The number of likely N-dealkylation sites (tertiary alicyclic amines) is 1. The number of nitrogens with one attached hydrogen (secondary N) is 1. The first-order chi connectivity index (χ1) is 13.1. The Kier molecular flexibility index (Phi) is 4.94. The standard InChI is InChI=1S/C20H25N5O2/c1-23-7-9-24(10-8-23)20-21-17(12-18(26)22-20)16-11-19(27)25(14-16)13-15-5-3-2-4-6-15/h2-6,12,16H,7-11,13-14H2,1H3,(H,21,22,26)/t16-/m0/s1. The van der Waals surface area contributed by atoms with Crippen LogP contribution in [0.15, 0.2) is 41.2 Å². The number of piperazine rings is 1. The number of hydrogen-bond acceptors (Lipinski definition) is 5. The largest absolute Gasteiger partial charge is 0.340 e. The van der Waals surface area contributed by atoms with Gasteiger partial charge in [0.05, 0.1) is 5.69 Å². The fourth-order valence-corrected chi connectivity index (χ4v) is 3.77. The van der Waals surface area contributed by atoms with Crippen LogP contribution in [0, 0.1) is 0 Å². The molecule has 1 atom stereocenters.